The summed E-state index contributed by atoms with van der Waals surface area (Å²) in [5.74, 6) is 2.89. The summed E-state index contributed by atoms with van der Waals surface area (Å²) in [6.45, 7) is 3.43. The second kappa shape index (κ2) is 7.14. The van der Waals surface area contributed by atoms with Gasteiger partial charge in [0, 0.05) is 0 Å². The average Bonchev–Trinajstić information content (AvgIpc) is 2.27. The number of hydrogen-bond donors (Lipinski definition) is 1. The zero-order valence-electron chi connectivity index (χ0n) is 10.2. The molecule has 0 aliphatic carbocycles. The van der Waals surface area contributed by atoms with E-state index in [-0.39, 0.29) is 0 Å². The molecule has 1 aromatic rings. The van der Waals surface area contributed by atoms with Gasteiger partial charge in [0.25, 0.3) is 0 Å². The van der Waals surface area contributed by atoms with Crippen LogP contribution in [0.4, 0.5) is 0 Å². The maximum atomic E-state index is 9.55. The first-order valence-electron chi connectivity index (χ1n) is 5.23. The summed E-state index contributed by atoms with van der Waals surface area (Å²) in [5, 5.41) is 11.7. The molecule has 0 unspecified atom stereocenters. The van der Waals surface area contributed by atoms with Crippen LogP contribution in [0.5, 0.6) is 0 Å². The number of benzene rings is 1. The van der Waals surface area contributed by atoms with Crippen molar-refractivity contribution in [2.45, 2.75) is 19.4 Å². The number of rotatable bonds is 3. The second-order valence-corrected chi connectivity index (χ2v) is 7.10. The SMILES string of the molecule is CS/C=C(\[Te]C#CC(C)(C)O)c1ccccc1. The van der Waals surface area contributed by atoms with Crippen LogP contribution >= 0.6 is 11.8 Å². The van der Waals surface area contributed by atoms with Gasteiger partial charge in [0.2, 0.25) is 0 Å². The Labute approximate surface area is 118 Å². The van der Waals surface area contributed by atoms with E-state index in [1.165, 1.54) is 9.18 Å². The van der Waals surface area contributed by atoms with Crippen molar-refractivity contribution >= 4 is 36.3 Å². The second-order valence-electron chi connectivity index (χ2n) is 3.97. The van der Waals surface area contributed by atoms with Crippen LogP contribution in [0.3, 0.4) is 0 Å². The zero-order valence-corrected chi connectivity index (χ0v) is 13.4. The van der Waals surface area contributed by atoms with Gasteiger partial charge in [0.1, 0.15) is 0 Å². The molecular formula is C14H16OSTe. The van der Waals surface area contributed by atoms with Crippen molar-refractivity contribution in [1.29, 1.82) is 0 Å². The summed E-state index contributed by atoms with van der Waals surface area (Å²) in [6, 6.07) is 10.3. The van der Waals surface area contributed by atoms with Crippen molar-refractivity contribution in [3.63, 3.8) is 0 Å². The maximum absolute atomic E-state index is 9.55. The Balaban J connectivity index is 2.82. The van der Waals surface area contributed by atoms with E-state index in [4.69, 9.17) is 0 Å². The van der Waals surface area contributed by atoms with Crippen molar-refractivity contribution in [2.24, 2.45) is 0 Å². The van der Waals surface area contributed by atoms with Crippen LogP contribution in [0.1, 0.15) is 19.4 Å². The third kappa shape index (κ3) is 6.20. The molecule has 0 aliphatic rings. The Bertz CT molecular complexity index is 435. The van der Waals surface area contributed by atoms with Crippen molar-refractivity contribution in [3.05, 3.63) is 41.3 Å². The molecule has 0 bridgehead atoms. The van der Waals surface area contributed by atoms with Crippen LogP contribution in [0.25, 0.3) is 3.62 Å². The fraction of sp³-hybridized carbons (Fsp3) is 0.286. The Morgan fingerprint density at radius 3 is 2.53 bits per heavy atom. The molecule has 0 aromatic heterocycles. The summed E-state index contributed by atoms with van der Waals surface area (Å²) >= 11 is 1.14. The molecule has 0 amide bonds. The van der Waals surface area contributed by atoms with E-state index in [9.17, 15) is 5.11 Å². The quantitative estimate of drug-likeness (QED) is 0.661. The van der Waals surface area contributed by atoms with Gasteiger partial charge in [-0.1, -0.05) is 0 Å². The predicted molar refractivity (Wildman–Crippen MR) is 77.8 cm³/mol. The number of thioether (sulfide) groups is 1. The molecule has 1 rings (SSSR count). The van der Waals surface area contributed by atoms with Crippen molar-refractivity contribution < 1.29 is 5.11 Å². The summed E-state index contributed by atoms with van der Waals surface area (Å²) in [7, 11) is 0. The van der Waals surface area contributed by atoms with E-state index in [1.54, 1.807) is 25.6 Å². The number of hydrogen-bond acceptors (Lipinski definition) is 2. The molecule has 17 heavy (non-hydrogen) atoms. The van der Waals surface area contributed by atoms with Gasteiger partial charge in [-0.2, -0.15) is 0 Å². The van der Waals surface area contributed by atoms with Crippen LogP contribution in [0, 0.1) is 9.89 Å². The zero-order chi connectivity index (χ0) is 12.7. The summed E-state index contributed by atoms with van der Waals surface area (Å²) in [4.78, 5) is 0. The van der Waals surface area contributed by atoms with Crippen LogP contribution in [-0.2, 0) is 0 Å². The molecule has 0 heterocycles. The van der Waals surface area contributed by atoms with Crippen LogP contribution in [0.2, 0.25) is 0 Å². The molecule has 0 spiro atoms. The summed E-state index contributed by atoms with van der Waals surface area (Å²) in [5.41, 5.74) is 0.362. The first-order valence-corrected chi connectivity index (χ1v) is 8.84. The molecule has 0 saturated heterocycles. The van der Waals surface area contributed by atoms with Crippen molar-refractivity contribution in [2.75, 3.05) is 6.26 Å². The number of aliphatic hydroxyl groups is 1. The van der Waals surface area contributed by atoms with Gasteiger partial charge < -0.3 is 0 Å². The Kier molecular flexibility index (Phi) is 6.17. The van der Waals surface area contributed by atoms with E-state index in [1.807, 2.05) is 18.2 Å². The van der Waals surface area contributed by atoms with Gasteiger partial charge in [-0.05, 0) is 0 Å². The van der Waals surface area contributed by atoms with E-state index in [0.717, 1.165) is 0 Å². The molecule has 0 radical (unpaired) electrons. The first kappa shape index (κ1) is 14.7. The van der Waals surface area contributed by atoms with Gasteiger partial charge in [0.15, 0.2) is 0 Å². The predicted octanol–water partition coefficient (Wildman–Crippen LogP) is 2.78. The summed E-state index contributed by atoms with van der Waals surface area (Å²) < 4.78 is 4.48. The van der Waals surface area contributed by atoms with Gasteiger partial charge in [-0.15, -0.1) is 0 Å². The normalized spacial score (nSPS) is 11.9. The Hall–Kier alpha value is -0.380. The molecule has 1 aromatic carbocycles. The van der Waals surface area contributed by atoms with E-state index in [2.05, 4.69) is 33.7 Å². The Morgan fingerprint density at radius 1 is 1.35 bits per heavy atom. The van der Waals surface area contributed by atoms with Crippen molar-refractivity contribution in [3.8, 4) is 9.89 Å². The molecule has 3 heteroatoms. The standard InChI is InChI=1S/C14H16OSTe/c1-14(2,15)9-10-17-13(11-16-3)12-7-5-4-6-8-12/h4-8,11,15H,1-3H3/b13-11-. The molecule has 0 saturated carbocycles. The van der Waals surface area contributed by atoms with Gasteiger partial charge in [-0.3, -0.25) is 0 Å². The fourth-order valence-corrected chi connectivity index (χ4v) is 4.60. The fourth-order valence-electron chi connectivity index (χ4n) is 1.07. The van der Waals surface area contributed by atoms with Crippen LogP contribution < -0.4 is 0 Å². The third-order valence-electron chi connectivity index (χ3n) is 1.80. The van der Waals surface area contributed by atoms with Crippen LogP contribution in [-0.4, -0.2) is 37.9 Å². The molecular weight excluding hydrogens is 344 g/mol. The molecule has 0 fully saturated rings. The molecule has 1 nitrogen and oxygen atoms in total. The van der Waals surface area contributed by atoms with Crippen molar-refractivity contribution in [1.82, 2.24) is 0 Å². The monoisotopic (exact) mass is 362 g/mol. The minimum absolute atomic E-state index is 0.561. The molecule has 0 aliphatic heterocycles. The molecule has 0 atom stereocenters. The third-order valence-corrected chi connectivity index (χ3v) is 4.96. The molecule has 90 valence electrons. The van der Waals surface area contributed by atoms with E-state index < -0.39 is 26.5 Å². The Morgan fingerprint density at radius 2 is 2.00 bits per heavy atom. The first-order chi connectivity index (χ1) is 8.03. The topological polar surface area (TPSA) is 20.2 Å². The van der Waals surface area contributed by atoms with E-state index >= 15 is 0 Å². The van der Waals surface area contributed by atoms with Gasteiger partial charge in [0.05, 0.1) is 0 Å². The van der Waals surface area contributed by atoms with E-state index in [0.29, 0.717) is 0 Å². The van der Waals surface area contributed by atoms with Gasteiger partial charge >= 0.3 is 118 Å². The summed E-state index contributed by atoms with van der Waals surface area (Å²) in [6.07, 6.45) is 2.05. The van der Waals surface area contributed by atoms with Crippen LogP contribution in [0.15, 0.2) is 35.7 Å². The minimum atomic E-state index is -0.883. The average molecular weight is 360 g/mol. The van der Waals surface area contributed by atoms with Gasteiger partial charge in [-0.25, -0.2) is 0 Å². The molecule has 1 N–H and O–H groups in total.